The molecule has 4 nitrogen and oxygen atoms in total. The normalized spacial score (nSPS) is 11.7. The summed E-state index contributed by atoms with van der Waals surface area (Å²) in [7, 11) is 0. The van der Waals surface area contributed by atoms with Gasteiger partial charge >= 0.3 is 6.05 Å². The summed E-state index contributed by atoms with van der Waals surface area (Å²) >= 11 is 0. The van der Waals surface area contributed by atoms with Gasteiger partial charge in [-0.2, -0.15) is 8.78 Å². The molecule has 0 aliphatic carbocycles. The van der Waals surface area contributed by atoms with Crippen molar-refractivity contribution in [3.8, 4) is 0 Å². The Hall–Kier alpha value is -1.69. The molecule has 0 aliphatic heterocycles. The van der Waals surface area contributed by atoms with E-state index in [1.54, 1.807) is 12.1 Å². The van der Waals surface area contributed by atoms with Crippen molar-refractivity contribution in [3.05, 3.63) is 35.4 Å². The lowest BCUT2D eigenvalue weighted by atomic mass is 10.0. The minimum absolute atomic E-state index is 0.0403. The van der Waals surface area contributed by atoms with Gasteiger partial charge in [-0.05, 0) is 17.9 Å². The van der Waals surface area contributed by atoms with E-state index in [4.69, 9.17) is 11.1 Å². The molecule has 0 saturated heterocycles. The van der Waals surface area contributed by atoms with Gasteiger partial charge in [0, 0.05) is 18.7 Å². The number of halogens is 2. The topological polar surface area (TPSA) is 73.9 Å². The van der Waals surface area contributed by atoms with Crippen LogP contribution in [0, 0.1) is 5.41 Å². The van der Waals surface area contributed by atoms with Crippen LogP contribution in [0.15, 0.2) is 24.3 Å². The molecule has 0 heterocycles. The smallest absolute Gasteiger partial charge is 0.329 e. The third-order valence-electron chi connectivity index (χ3n) is 2.96. The molecule has 6 heteroatoms. The molecular formula is C14H22F2N4. The quantitative estimate of drug-likeness (QED) is 0.269. The molecule has 0 aliphatic rings. The Balaban J connectivity index is 2.48. The van der Waals surface area contributed by atoms with Gasteiger partial charge in [-0.15, -0.1) is 0 Å². The van der Waals surface area contributed by atoms with Crippen LogP contribution in [0.1, 0.15) is 37.3 Å². The maximum Gasteiger partial charge on any atom is 0.329 e. The van der Waals surface area contributed by atoms with E-state index in [-0.39, 0.29) is 18.1 Å². The largest absolute Gasteiger partial charge is 0.370 e. The Morgan fingerprint density at radius 3 is 2.35 bits per heavy atom. The Morgan fingerprint density at radius 2 is 1.85 bits per heavy atom. The lowest BCUT2D eigenvalue weighted by molar-refractivity contribution is -0.0409. The third-order valence-corrected chi connectivity index (χ3v) is 2.96. The van der Waals surface area contributed by atoms with Crippen LogP contribution in [0.25, 0.3) is 0 Å². The summed E-state index contributed by atoms with van der Waals surface area (Å²) in [6, 6.07) is 3.32. The van der Waals surface area contributed by atoms with E-state index in [9.17, 15) is 8.78 Å². The summed E-state index contributed by atoms with van der Waals surface area (Å²) in [6.07, 6.45) is 0.458. The molecule has 0 fully saturated rings. The first kappa shape index (κ1) is 16.4. The zero-order valence-electron chi connectivity index (χ0n) is 11.8. The molecule has 1 aromatic carbocycles. The van der Waals surface area contributed by atoms with E-state index in [0.29, 0.717) is 18.9 Å². The number of hydrogen-bond donors (Lipinski definition) is 4. The summed E-state index contributed by atoms with van der Waals surface area (Å²) in [5, 5.41) is 11.7. The minimum atomic E-state index is -3.05. The van der Waals surface area contributed by atoms with Gasteiger partial charge in [0.25, 0.3) is 0 Å². The van der Waals surface area contributed by atoms with Crippen LogP contribution in [-0.2, 0) is 6.05 Å². The predicted molar refractivity (Wildman–Crippen MR) is 77.0 cm³/mol. The number of alkyl halides is 2. The standard InChI is InChI=1S/C14H22F2N4/c1-10(2)11-4-6-12(7-5-11)14(15,16)20-9-3-8-19-13(17)18/h4-7,10,20H,3,8-9H2,1-2H3,(H4,17,18,19). The molecule has 1 aromatic rings. The highest BCUT2D eigenvalue weighted by atomic mass is 19.3. The van der Waals surface area contributed by atoms with Crippen molar-refractivity contribution >= 4 is 5.96 Å². The van der Waals surface area contributed by atoms with E-state index in [2.05, 4.69) is 10.6 Å². The van der Waals surface area contributed by atoms with Crippen molar-refractivity contribution in [1.82, 2.24) is 10.6 Å². The summed E-state index contributed by atoms with van der Waals surface area (Å²) < 4.78 is 27.8. The zero-order valence-corrected chi connectivity index (χ0v) is 11.8. The second kappa shape index (κ2) is 7.19. The molecule has 0 bridgehead atoms. The van der Waals surface area contributed by atoms with Crippen LogP contribution in [-0.4, -0.2) is 19.0 Å². The molecule has 0 radical (unpaired) electrons. The van der Waals surface area contributed by atoms with Gasteiger partial charge in [0.15, 0.2) is 5.96 Å². The molecule has 0 saturated carbocycles. The lowest BCUT2D eigenvalue weighted by Gasteiger charge is -2.19. The first-order valence-electron chi connectivity index (χ1n) is 6.64. The highest BCUT2D eigenvalue weighted by molar-refractivity contribution is 5.74. The van der Waals surface area contributed by atoms with Crippen LogP contribution in [0.3, 0.4) is 0 Å². The number of benzene rings is 1. The SMILES string of the molecule is CC(C)c1ccc(C(F)(F)NCCCNC(=N)N)cc1. The van der Waals surface area contributed by atoms with Crippen molar-refractivity contribution in [2.24, 2.45) is 5.73 Å². The maximum atomic E-state index is 13.9. The fourth-order valence-corrected chi connectivity index (χ4v) is 1.74. The van der Waals surface area contributed by atoms with Crippen molar-refractivity contribution in [2.75, 3.05) is 13.1 Å². The fourth-order valence-electron chi connectivity index (χ4n) is 1.74. The third kappa shape index (κ3) is 5.13. The van der Waals surface area contributed by atoms with Gasteiger partial charge < -0.3 is 11.1 Å². The van der Waals surface area contributed by atoms with E-state index < -0.39 is 6.05 Å². The molecular weight excluding hydrogens is 262 g/mol. The maximum absolute atomic E-state index is 13.9. The van der Waals surface area contributed by atoms with Crippen LogP contribution in [0.4, 0.5) is 8.78 Å². The molecule has 5 N–H and O–H groups in total. The first-order valence-corrected chi connectivity index (χ1v) is 6.64. The summed E-state index contributed by atoms with van der Waals surface area (Å²) in [5.74, 6) is 0.171. The van der Waals surface area contributed by atoms with E-state index >= 15 is 0 Å². The molecule has 20 heavy (non-hydrogen) atoms. The van der Waals surface area contributed by atoms with E-state index in [1.165, 1.54) is 12.1 Å². The van der Waals surface area contributed by atoms with Gasteiger partial charge in [-0.1, -0.05) is 38.1 Å². The number of guanidine groups is 1. The number of rotatable bonds is 7. The van der Waals surface area contributed by atoms with E-state index in [0.717, 1.165) is 5.56 Å². The Labute approximate surface area is 118 Å². The summed E-state index contributed by atoms with van der Waals surface area (Å²) in [4.78, 5) is 0. The van der Waals surface area contributed by atoms with Gasteiger partial charge in [-0.25, -0.2) is 0 Å². The van der Waals surface area contributed by atoms with Crippen LogP contribution in [0.5, 0.6) is 0 Å². The molecule has 0 spiro atoms. The molecule has 0 aromatic heterocycles. The van der Waals surface area contributed by atoms with E-state index in [1.807, 2.05) is 13.8 Å². The minimum Gasteiger partial charge on any atom is -0.370 e. The Morgan fingerprint density at radius 1 is 1.25 bits per heavy atom. The average molecular weight is 284 g/mol. The van der Waals surface area contributed by atoms with Gasteiger partial charge in [0.1, 0.15) is 0 Å². The molecule has 0 unspecified atom stereocenters. The summed E-state index contributed by atoms with van der Waals surface area (Å²) in [6.45, 7) is 4.57. The molecule has 0 atom stereocenters. The Kier molecular flexibility index (Phi) is 5.88. The van der Waals surface area contributed by atoms with Crippen LogP contribution in [0.2, 0.25) is 0 Å². The fraction of sp³-hybridized carbons (Fsp3) is 0.500. The first-order chi connectivity index (χ1) is 9.33. The second-order valence-electron chi connectivity index (χ2n) is 4.97. The lowest BCUT2D eigenvalue weighted by Crippen LogP contribution is -2.37. The van der Waals surface area contributed by atoms with Crippen LogP contribution < -0.4 is 16.4 Å². The monoisotopic (exact) mass is 284 g/mol. The second-order valence-corrected chi connectivity index (χ2v) is 4.97. The van der Waals surface area contributed by atoms with Crippen molar-refractivity contribution < 1.29 is 8.78 Å². The van der Waals surface area contributed by atoms with Crippen molar-refractivity contribution in [1.29, 1.82) is 5.41 Å². The highest BCUT2D eigenvalue weighted by Crippen LogP contribution is 2.26. The predicted octanol–water partition coefficient (Wildman–Crippen LogP) is 2.32. The zero-order chi connectivity index (χ0) is 15.2. The summed E-state index contributed by atoms with van der Waals surface area (Å²) in [5.41, 5.74) is 6.09. The van der Waals surface area contributed by atoms with Gasteiger partial charge in [0.05, 0.1) is 0 Å². The highest BCUT2D eigenvalue weighted by Gasteiger charge is 2.30. The van der Waals surface area contributed by atoms with Crippen molar-refractivity contribution in [3.63, 3.8) is 0 Å². The van der Waals surface area contributed by atoms with Crippen molar-refractivity contribution in [2.45, 2.75) is 32.2 Å². The Bertz CT molecular complexity index is 429. The number of nitrogens with one attached hydrogen (secondary N) is 3. The van der Waals surface area contributed by atoms with Crippen LogP contribution >= 0.6 is 0 Å². The number of hydrogen-bond acceptors (Lipinski definition) is 2. The number of nitrogens with two attached hydrogens (primary N) is 1. The molecule has 112 valence electrons. The molecule has 1 rings (SSSR count). The average Bonchev–Trinajstić information content (AvgIpc) is 2.38. The molecule has 0 amide bonds. The van der Waals surface area contributed by atoms with Gasteiger partial charge in [-0.3, -0.25) is 10.7 Å². The van der Waals surface area contributed by atoms with Gasteiger partial charge in [0.2, 0.25) is 0 Å².